The summed E-state index contributed by atoms with van der Waals surface area (Å²) in [6.07, 6.45) is -32.6. The van der Waals surface area contributed by atoms with E-state index < -0.39 is 218 Å². The summed E-state index contributed by atoms with van der Waals surface area (Å²) >= 11 is -3.69. The van der Waals surface area contributed by atoms with Crippen LogP contribution in [0.15, 0.2) is 0 Å². The zero-order valence-electron chi connectivity index (χ0n) is 37.6. The Morgan fingerprint density at radius 1 is 0.611 bits per heavy atom. The van der Waals surface area contributed by atoms with Crippen molar-refractivity contribution in [1.29, 1.82) is 0 Å². The van der Waals surface area contributed by atoms with Crippen LogP contribution in [0.4, 0.5) is 0 Å². The number of hydrogen-bond donors (Lipinski definition) is 0. The Morgan fingerprint density at radius 3 is 1.58 bits per heavy atom. The second-order valence-electron chi connectivity index (χ2n) is 16.4. The second kappa shape index (κ2) is 25.3. The van der Waals surface area contributed by atoms with Crippen molar-refractivity contribution in [1.82, 2.24) is 0 Å². The fourth-order valence-corrected chi connectivity index (χ4v) is 10.6. The van der Waals surface area contributed by atoms with Gasteiger partial charge in [0, 0.05) is 18.3 Å². The highest BCUT2D eigenvalue weighted by atomic mass is 32.3. The Hall–Kier alpha value is -1.51. The molecule has 0 amide bonds. The summed E-state index contributed by atoms with van der Waals surface area (Å²) < 4.78 is 272. The molecule has 0 N–H and O–H groups in total. The Labute approximate surface area is 414 Å². The fourth-order valence-electron chi connectivity index (χ4n) is 8.29. The third-order valence-corrected chi connectivity index (χ3v) is 14.2. The molecule has 424 valence electrons. The summed E-state index contributed by atoms with van der Waals surface area (Å²) in [4.78, 5) is 17.0. The first-order valence-electron chi connectivity index (χ1n) is 20.4. The molecule has 12 unspecified atom stereocenters. The quantitative estimate of drug-likeness (QED) is 0.0205. The van der Waals surface area contributed by atoms with Crippen molar-refractivity contribution in [2.24, 2.45) is 29.6 Å². The molecule has 0 aromatic heterocycles. The van der Waals surface area contributed by atoms with Crippen molar-refractivity contribution in [3.63, 3.8) is 0 Å². The first-order valence-corrected chi connectivity index (χ1v) is 28.1. The molecule has 0 bridgehead atoms. The highest BCUT2D eigenvalue weighted by Gasteiger charge is 2.56. The summed E-state index contributed by atoms with van der Waals surface area (Å²) in [6, 6.07) is 0. The lowest BCUT2D eigenvalue weighted by molar-refractivity contribution is -0.462. The third kappa shape index (κ3) is 18.6. The summed E-state index contributed by atoms with van der Waals surface area (Å²) in [5, 5.41) is 23.8. The van der Waals surface area contributed by atoms with Crippen LogP contribution in [-0.2, 0) is 136 Å². The third-order valence-electron chi connectivity index (χ3n) is 11.8. The van der Waals surface area contributed by atoms with E-state index >= 15 is 0 Å². The SMILES string of the molecule is CC1C(C)[C@H](C)C(C(=O)[O-])O[C@H]1O[C@@H]1C(COS(=O)(=O)[O-])O[C@@H](OC(C)[C@H]2CC(OC[O-])O[C@H](O[C@@H]3C(COS(=O)(=O)[O-])O[C@H](C)C(OS(=O)(=O)[O-])C3OS(=O)(=O)[O-])C2C)C(OS(=O)(=O)[O-])[C@H]1OOS(=O)[O-]. The predicted octanol–water partition coefficient (Wildman–Crippen LogP) is -6.68. The van der Waals surface area contributed by atoms with Gasteiger partial charge in [-0.05, 0) is 38.4 Å². The van der Waals surface area contributed by atoms with Gasteiger partial charge in [0.1, 0.15) is 54.1 Å². The van der Waals surface area contributed by atoms with Gasteiger partial charge in [-0.3, -0.25) is 20.9 Å². The van der Waals surface area contributed by atoms with E-state index in [4.69, 9.17) is 42.8 Å². The van der Waals surface area contributed by atoms with Gasteiger partial charge in [0.25, 0.3) is 0 Å². The van der Waals surface area contributed by atoms with Gasteiger partial charge in [0.05, 0.1) is 31.4 Å². The highest BCUT2D eigenvalue weighted by molar-refractivity contribution is 7.81. The average Bonchev–Trinajstić information content (AvgIpc) is 3.21. The second-order valence-corrected chi connectivity index (χ2v) is 22.1. The Morgan fingerprint density at radius 2 is 1.10 bits per heavy atom. The van der Waals surface area contributed by atoms with E-state index in [9.17, 15) is 88.6 Å². The molecule has 4 saturated heterocycles. The lowest BCUT2D eigenvalue weighted by Crippen LogP contribution is -2.65. The van der Waals surface area contributed by atoms with Gasteiger partial charge in [-0.2, -0.15) is 0 Å². The van der Waals surface area contributed by atoms with Gasteiger partial charge in [-0.15, -0.1) is 4.33 Å². The lowest BCUT2D eigenvalue weighted by atomic mass is 9.79. The molecule has 21 atom stereocenters. The Kier molecular flexibility index (Phi) is 22.2. The van der Waals surface area contributed by atoms with Crippen molar-refractivity contribution in [3.05, 3.63) is 0 Å². The molecule has 4 rings (SSSR count). The number of carboxylic acid groups (broad SMARTS) is 1. The molecule has 4 heterocycles. The van der Waals surface area contributed by atoms with Crippen molar-refractivity contribution in [3.8, 4) is 0 Å². The highest BCUT2D eigenvalue weighted by Crippen LogP contribution is 2.42. The van der Waals surface area contributed by atoms with Crippen LogP contribution in [0.5, 0.6) is 0 Å². The van der Waals surface area contributed by atoms with E-state index in [0.29, 0.717) is 0 Å². The molecule has 0 spiro atoms. The number of rotatable bonds is 25. The largest absolute Gasteiger partial charge is 0.834 e. The van der Waals surface area contributed by atoms with Crippen LogP contribution < -0.4 is 10.2 Å². The first-order chi connectivity index (χ1) is 32.9. The van der Waals surface area contributed by atoms with E-state index in [1.165, 1.54) is 20.8 Å². The maximum atomic E-state index is 12.3. The predicted molar refractivity (Wildman–Crippen MR) is 206 cm³/mol. The average molecular weight is 1170 g/mol. The fraction of sp³-hybridized carbons (Fsp3) is 0.968. The molecule has 0 aromatic rings. The number of hydrogen-bond acceptors (Lipinski definition) is 35. The van der Waals surface area contributed by atoms with Gasteiger partial charge in [-0.25, -0.2) is 51.2 Å². The van der Waals surface area contributed by atoms with E-state index in [0.717, 1.165) is 13.8 Å². The minimum atomic E-state index is -6.02. The summed E-state index contributed by atoms with van der Waals surface area (Å²) in [5.74, 6) is -6.62. The van der Waals surface area contributed by atoms with Crippen LogP contribution in [0.3, 0.4) is 0 Å². The minimum Gasteiger partial charge on any atom is -0.834 e. The van der Waals surface area contributed by atoms with Gasteiger partial charge in [-0.1, -0.05) is 27.7 Å². The zero-order chi connectivity index (χ0) is 54.6. The maximum Gasteiger partial charge on any atom is 0.218 e. The molecule has 4 fully saturated rings. The normalized spacial score (nSPS) is 38.5. The molecule has 41 heteroatoms. The number of ether oxygens (including phenoxy) is 8. The topological polar surface area (TPSA) is 528 Å². The van der Waals surface area contributed by atoms with E-state index in [1.807, 2.05) is 0 Å². The van der Waals surface area contributed by atoms with Crippen LogP contribution >= 0.6 is 0 Å². The number of carbonyl (C=O) groups excluding carboxylic acids is 1. The van der Waals surface area contributed by atoms with Crippen LogP contribution in [-0.4, -0.2) is 192 Å². The molecule has 0 radical (unpaired) electrons. The number of carboxylic acids is 1. The zero-order valence-corrected chi connectivity index (χ0v) is 42.5. The summed E-state index contributed by atoms with van der Waals surface area (Å²) in [7, 11) is -29.2. The van der Waals surface area contributed by atoms with Gasteiger partial charge in [0.2, 0.25) is 52.0 Å². The molecule has 0 aromatic carbocycles. The van der Waals surface area contributed by atoms with E-state index in [2.05, 4.69) is 25.2 Å². The maximum absolute atomic E-state index is 12.3. The van der Waals surface area contributed by atoms with Crippen LogP contribution in [0, 0.1) is 29.6 Å². The van der Waals surface area contributed by atoms with Crippen molar-refractivity contribution in [2.45, 2.75) is 140 Å². The van der Waals surface area contributed by atoms with Gasteiger partial charge >= 0.3 is 0 Å². The Balaban J connectivity index is 1.80. The van der Waals surface area contributed by atoms with Crippen molar-refractivity contribution in [2.75, 3.05) is 20.0 Å². The van der Waals surface area contributed by atoms with E-state index in [-0.39, 0.29) is 0 Å². The minimum absolute atomic E-state index is 0.491. The van der Waals surface area contributed by atoms with Crippen LogP contribution in [0.25, 0.3) is 0 Å². The first kappa shape index (κ1) is 63.0. The molecule has 0 aliphatic carbocycles. The Bertz CT molecular complexity index is 2410. The monoisotopic (exact) mass is 1170 g/mol. The standard InChI is InChI=1S/C31H53O35S6/c1-11-12(2)21(28(33)34)59-29(13(11)3)60-23-19(9-54-69(40,41)42)57-31(27(65-72(49,50)51)25(23)62-66-67(35)36)56-15(5)17-7-20(52-10-32)58-30(14(17)4)61-24-18(8-53-68(37,38)39)55-16(6)22(63-70(43,44)45)26(24)64-71(46,47)48/h11-27,29-31H,7-10H2,1-6H3,(H,33,34)(H,35,36)(H,37,38,39)(H,40,41,42)(H,43,44,45)(H,46,47,48)(H,49,50,51)/q-1/p-7/t11?,12-,13?,14?,15?,16+,17-,18?,19?,20?,21?,22?,23+,24+,25-,26?,27?,29-,30+,31+/m0/s1. The van der Waals surface area contributed by atoms with Crippen LogP contribution in [0.2, 0.25) is 0 Å². The smallest absolute Gasteiger partial charge is 0.218 e. The number of aliphatic carboxylic acids is 1. The van der Waals surface area contributed by atoms with Crippen molar-refractivity contribution < 1.29 is 157 Å². The molecular formula is C31H46O35S6-8. The molecule has 4 aliphatic rings. The lowest BCUT2D eigenvalue weighted by Gasteiger charge is -2.50. The van der Waals surface area contributed by atoms with Gasteiger partial charge in [0.15, 0.2) is 37.4 Å². The molecule has 4 aliphatic heterocycles. The number of carbonyl (C=O) groups is 1. The molecule has 0 saturated carbocycles. The van der Waals surface area contributed by atoms with Gasteiger partial charge < -0.3 is 80.2 Å². The molecular weight excluding hydrogens is 1120 g/mol. The molecule has 35 nitrogen and oxygen atoms in total. The van der Waals surface area contributed by atoms with Crippen molar-refractivity contribution >= 4 is 69.3 Å². The summed E-state index contributed by atoms with van der Waals surface area (Å²) in [6.45, 7) is 3.53. The van der Waals surface area contributed by atoms with E-state index in [1.54, 1.807) is 6.92 Å². The van der Waals surface area contributed by atoms with Crippen LogP contribution in [0.1, 0.15) is 48.0 Å². The summed E-state index contributed by atoms with van der Waals surface area (Å²) in [5.41, 5.74) is 0. The molecule has 72 heavy (non-hydrogen) atoms.